The van der Waals surface area contributed by atoms with Crippen molar-refractivity contribution in [2.75, 3.05) is 19.0 Å². The Bertz CT molecular complexity index is 594. The number of fused-ring (bicyclic) bond motifs is 1. The molecule has 0 aliphatic rings. The highest BCUT2D eigenvalue weighted by molar-refractivity contribution is 6.01. The molecule has 0 radical (unpaired) electrons. The molecule has 1 heterocycles. The number of aromatic nitrogens is 1. The Labute approximate surface area is 118 Å². The molecule has 1 aromatic carbocycles. The van der Waals surface area contributed by atoms with E-state index >= 15 is 0 Å². The SMILES string of the molecule is COCC(C)N=C(NN)Nc1cccc2cccnc12. The number of nitrogens with one attached hydrogen (secondary N) is 2. The van der Waals surface area contributed by atoms with Crippen LogP contribution in [-0.4, -0.2) is 30.7 Å². The standard InChI is InChI=1S/C14H19N5O/c1-10(9-20-2)17-14(19-15)18-12-7-3-5-11-6-4-8-16-13(11)12/h3-8,10H,9,15H2,1-2H3,(H2,17,18,19). The number of benzene rings is 1. The van der Waals surface area contributed by atoms with Gasteiger partial charge in [-0.1, -0.05) is 18.2 Å². The van der Waals surface area contributed by atoms with Gasteiger partial charge in [-0.15, -0.1) is 0 Å². The van der Waals surface area contributed by atoms with Gasteiger partial charge in [-0.05, 0) is 19.1 Å². The van der Waals surface area contributed by atoms with Crippen molar-refractivity contribution in [1.29, 1.82) is 0 Å². The second-order valence-electron chi connectivity index (χ2n) is 4.43. The number of hydrogen-bond donors (Lipinski definition) is 3. The molecule has 0 amide bonds. The van der Waals surface area contributed by atoms with Crippen LogP contribution in [0.1, 0.15) is 6.92 Å². The molecular formula is C14H19N5O. The lowest BCUT2D eigenvalue weighted by Crippen LogP contribution is -2.37. The molecule has 2 aromatic rings. The number of anilines is 1. The molecule has 6 nitrogen and oxygen atoms in total. The van der Waals surface area contributed by atoms with E-state index in [1.807, 2.05) is 37.3 Å². The van der Waals surface area contributed by atoms with Crippen LogP contribution in [0.15, 0.2) is 41.5 Å². The zero-order chi connectivity index (χ0) is 14.4. The van der Waals surface area contributed by atoms with Crippen LogP contribution in [0.3, 0.4) is 0 Å². The maximum atomic E-state index is 5.50. The Morgan fingerprint density at radius 1 is 1.40 bits per heavy atom. The van der Waals surface area contributed by atoms with E-state index in [1.54, 1.807) is 13.3 Å². The molecule has 6 heteroatoms. The first-order valence-corrected chi connectivity index (χ1v) is 6.38. The summed E-state index contributed by atoms with van der Waals surface area (Å²) in [6, 6.07) is 9.81. The summed E-state index contributed by atoms with van der Waals surface area (Å²) < 4.78 is 5.05. The molecule has 0 aliphatic heterocycles. The van der Waals surface area contributed by atoms with Gasteiger partial charge in [-0.2, -0.15) is 0 Å². The summed E-state index contributed by atoms with van der Waals surface area (Å²) in [5.41, 5.74) is 4.28. The minimum atomic E-state index is 0.00138. The smallest absolute Gasteiger partial charge is 0.210 e. The lowest BCUT2D eigenvalue weighted by Gasteiger charge is -2.13. The first-order valence-electron chi connectivity index (χ1n) is 6.38. The molecule has 0 spiro atoms. The van der Waals surface area contributed by atoms with Gasteiger partial charge in [-0.3, -0.25) is 10.4 Å². The summed E-state index contributed by atoms with van der Waals surface area (Å²) in [5, 5.41) is 4.21. The first-order chi connectivity index (χ1) is 9.74. The maximum Gasteiger partial charge on any atom is 0.210 e. The quantitative estimate of drug-likeness (QED) is 0.340. The molecule has 1 unspecified atom stereocenters. The van der Waals surface area contributed by atoms with Crippen LogP contribution in [0.2, 0.25) is 0 Å². The first kappa shape index (κ1) is 14.2. The lowest BCUT2D eigenvalue weighted by atomic mass is 10.2. The fraction of sp³-hybridized carbons (Fsp3) is 0.286. The van der Waals surface area contributed by atoms with Crippen molar-refractivity contribution >= 4 is 22.5 Å². The van der Waals surface area contributed by atoms with Gasteiger partial charge in [0.15, 0.2) is 0 Å². The molecule has 106 valence electrons. The molecule has 1 atom stereocenters. The van der Waals surface area contributed by atoms with Gasteiger partial charge in [-0.25, -0.2) is 10.8 Å². The van der Waals surface area contributed by atoms with Crippen molar-refractivity contribution < 1.29 is 4.74 Å². The van der Waals surface area contributed by atoms with Crippen molar-refractivity contribution in [3.8, 4) is 0 Å². The monoisotopic (exact) mass is 273 g/mol. The number of hydrazine groups is 1. The zero-order valence-electron chi connectivity index (χ0n) is 11.6. The molecule has 1 aromatic heterocycles. The second kappa shape index (κ2) is 6.83. The zero-order valence-corrected chi connectivity index (χ0v) is 11.6. The summed E-state index contributed by atoms with van der Waals surface area (Å²) in [6.45, 7) is 2.48. The summed E-state index contributed by atoms with van der Waals surface area (Å²) in [6.07, 6.45) is 1.76. The Morgan fingerprint density at radius 2 is 2.20 bits per heavy atom. The van der Waals surface area contributed by atoms with Crippen LogP contribution in [0.25, 0.3) is 10.9 Å². The van der Waals surface area contributed by atoms with Gasteiger partial charge < -0.3 is 10.1 Å². The lowest BCUT2D eigenvalue weighted by molar-refractivity contribution is 0.185. The molecule has 0 bridgehead atoms. The minimum Gasteiger partial charge on any atom is -0.382 e. The van der Waals surface area contributed by atoms with E-state index in [-0.39, 0.29) is 6.04 Å². The van der Waals surface area contributed by atoms with Crippen LogP contribution in [0, 0.1) is 0 Å². The number of methoxy groups -OCH3 is 1. The average Bonchev–Trinajstić information content (AvgIpc) is 2.47. The largest absolute Gasteiger partial charge is 0.382 e. The third-order valence-electron chi connectivity index (χ3n) is 2.78. The van der Waals surface area contributed by atoms with E-state index in [2.05, 4.69) is 20.7 Å². The van der Waals surface area contributed by atoms with Crippen molar-refractivity contribution in [3.05, 3.63) is 36.5 Å². The van der Waals surface area contributed by atoms with Crippen molar-refractivity contribution in [3.63, 3.8) is 0 Å². The third-order valence-corrected chi connectivity index (χ3v) is 2.78. The minimum absolute atomic E-state index is 0.00138. The van der Waals surface area contributed by atoms with Crippen molar-refractivity contribution in [2.24, 2.45) is 10.8 Å². The second-order valence-corrected chi connectivity index (χ2v) is 4.43. The number of nitrogens with zero attached hydrogens (tertiary/aromatic N) is 2. The fourth-order valence-electron chi connectivity index (χ4n) is 1.94. The van der Waals surface area contributed by atoms with Crippen LogP contribution in [0.5, 0.6) is 0 Å². The van der Waals surface area contributed by atoms with Gasteiger partial charge >= 0.3 is 0 Å². The van der Waals surface area contributed by atoms with E-state index in [4.69, 9.17) is 10.6 Å². The number of rotatable bonds is 4. The van der Waals surface area contributed by atoms with Crippen molar-refractivity contribution in [2.45, 2.75) is 13.0 Å². The number of ether oxygens (including phenoxy) is 1. The van der Waals surface area contributed by atoms with Gasteiger partial charge in [0.1, 0.15) is 0 Å². The van der Waals surface area contributed by atoms with E-state index in [9.17, 15) is 0 Å². The van der Waals surface area contributed by atoms with Crippen molar-refractivity contribution in [1.82, 2.24) is 10.4 Å². The van der Waals surface area contributed by atoms with Gasteiger partial charge in [0.25, 0.3) is 0 Å². The Hall–Kier alpha value is -2.18. The van der Waals surface area contributed by atoms with Crippen LogP contribution >= 0.6 is 0 Å². The Morgan fingerprint density at radius 3 is 2.95 bits per heavy atom. The number of aliphatic imine (C=N–C) groups is 1. The van der Waals surface area contributed by atoms with Crippen LogP contribution in [0.4, 0.5) is 5.69 Å². The summed E-state index contributed by atoms with van der Waals surface area (Å²) >= 11 is 0. The number of pyridine rings is 1. The van der Waals surface area contributed by atoms with Gasteiger partial charge in [0, 0.05) is 18.7 Å². The fourth-order valence-corrected chi connectivity index (χ4v) is 1.94. The Balaban J connectivity index is 2.26. The van der Waals surface area contributed by atoms with E-state index in [0.29, 0.717) is 12.6 Å². The normalized spacial score (nSPS) is 13.2. The van der Waals surface area contributed by atoms with Gasteiger partial charge in [0.05, 0.1) is 23.9 Å². The molecule has 4 N–H and O–H groups in total. The predicted octanol–water partition coefficient (Wildman–Crippen LogP) is 1.50. The summed E-state index contributed by atoms with van der Waals surface area (Å²) in [4.78, 5) is 8.78. The number of nitrogens with two attached hydrogens (primary N) is 1. The number of hydrogen-bond acceptors (Lipinski definition) is 4. The molecule has 0 fully saturated rings. The molecule has 0 saturated carbocycles. The molecule has 0 aliphatic carbocycles. The number of guanidine groups is 1. The van der Waals surface area contributed by atoms with Crippen LogP contribution in [-0.2, 0) is 4.74 Å². The topological polar surface area (TPSA) is 84.6 Å². The van der Waals surface area contributed by atoms with E-state index < -0.39 is 0 Å². The van der Waals surface area contributed by atoms with E-state index in [0.717, 1.165) is 16.6 Å². The summed E-state index contributed by atoms with van der Waals surface area (Å²) in [7, 11) is 1.64. The molecular weight excluding hydrogens is 254 g/mol. The third kappa shape index (κ3) is 3.43. The molecule has 0 saturated heterocycles. The summed E-state index contributed by atoms with van der Waals surface area (Å²) in [5.74, 6) is 5.98. The molecule has 20 heavy (non-hydrogen) atoms. The Kier molecular flexibility index (Phi) is 4.86. The molecule has 2 rings (SSSR count). The predicted molar refractivity (Wildman–Crippen MR) is 81.5 cm³/mol. The number of para-hydroxylation sites is 1. The highest BCUT2D eigenvalue weighted by Crippen LogP contribution is 2.20. The van der Waals surface area contributed by atoms with Crippen LogP contribution < -0.4 is 16.6 Å². The highest BCUT2D eigenvalue weighted by atomic mass is 16.5. The maximum absolute atomic E-state index is 5.50. The average molecular weight is 273 g/mol. The van der Waals surface area contributed by atoms with Gasteiger partial charge in [0.2, 0.25) is 5.96 Å². The van der Waals surface area contributed by atoms with E-state index in [1.165, 1.54) is 0 Å². The highest BCUT2D eigenvalue weighted by Gasteiger charge is 2.06.